The molecule has 0 aliphatic heterocycles. The normalized spacial score (nSPS) is 15.5. The molecule has 0 unspecified atom stereocenters. The van der Waals surface area contributed by atoms with E-state index in [2.05, 4.69) is 11.2 Å². The Labute approximate surface area is 105 Å². The quantitative estimate of drug-likeness (QED) is 0.792. The molecular weight excluding hydrogens is 230 g/mol. The molecule has 2 rings (SSSR count). The van der Waals surface area contributed by atoms with E-state index in [4.69, 9.17) is 11.5 Å². The van der Waals surface area contributed by atoms with Crippen LogP contribution in [0.25, 0.3) is 0 Å². The van der Waals surface area contributed by atoms with Crippen LogP contribution in [0.15, 0.2) is 24.3 Å². The molecule has 2 N–H and O–H groups in total. The molecule has 0 radical (unpaired) electrons. The molecule has 0 bridgehead atoms. The lowest BCUT2D eigenvalue weighted by Gasteiger charge is -2.11. The van der Waals surface area contributed by atoms with E-state index in [1.165, 1.54) is 0 Å². The summed E-state index contributed by atoms with van der Waals surface area (Å²) in [4.78, 5) is 22.4. The summed E-state index contributed by atoms with van der Waals surface area (Å²) in [6.45, 7) is 0. The Balaban J connectivity index is 2.09. The van der Waals surface area contributed by atoms with Gasteiger partial charge in [-0.15, -0.1) is 6.42 Å². The number of amides is 1. The number of nitrogens with one attached hydrogen (secondary N) is 1. The zero-order valence-corrected chi connectivity index (χ0v) is 9.77. The molecule has 1 aliphatic rings. The van der Waals surface area contributed by atoms with Crippen LogP contribution in [-0.4, -0.2) is 17.0 Å². The number of carboxylic acids is 1. The van der Waals surface area contributed by atoms with Gasteiger partial charge in [0.1, 0.15) is 0 Å². The van der Waals surface area contributed by atoms with Crippen LogP contribution in [0.5, 0.6) is 0 Å². The molecule has 18 heavy (non-hydrogen) atoms. The van der Waals surface area contributed by atoms with Gasteiger partial charge in [0, 0.05) is 5.69 Å². The van der Waals surface area contributed by atoms with Gasteiger partial charge in [-0.25, -0.2) is 0 Å². The summed E-state index contributed by atoms with van der Waals surface area (Å²) in [5, 5.41) is 11.8. The van der Waals surface area contributed by atoms with Crippen LogP contribution >= 0.6 is 0 Å². The van der Waals surface area contributed by atoms with E-state index in [-0.39, 0.29) is 12.3 Å². The van der Waals surface area contributed by atoms with Crippen molar-refractivity contribution in [3.63, 3.8) is 0 Å². The predicted molar refractivity (Wildman–Crippen MR) is 67.1 cm³/mol. The summed E-state index contributed by atoms with van der Waals surface area (Å²) < 4.78 is 0. The summed E-state index contributed by atoms with van der Waals surface area (Å²) in [5.74, 6) is 1.23. The van der Waals surface area contributed by atoms with Gasteiger partial charge < -0.3 is 10.4 Å². The number of terminal acetylenes is 1. The first-order valence-electron chi connectivity index (χ1n) is 5.66. The number of benzene rings is 1. The van der Waals surface area contributed by atoms with Gasteiger partial charge in [0.25, 0.3) is 0 Å². The van der Waals surface area contributed by atoms with Crippen LogP contribution in [-0.2, 0) is 15.0 Å². The van der Waals surface area contributed by atoms with Crippen molar-refractivity contribution in [2.45, 2.75) is 24.7 Å². The van der Waals surface area contributed by atoms with Crippen molar-refractivity contribution >= 4 is 17.6 Å². The van der Waals surface area contributed by atoms with Crippen molar-refractivity contribution in [1.82, 2.24) is 0 Å². The standard InChI is InChI=1S/C14H13NO3/c1-2-3-12(16)15-11-6-4-10(5-7-11)14(8-9-14)13(17)18/h1,4-7H,3,8-9H2,(H,15,16)(H,17,18). The Bertz CT molecular complexity index is 521. The van der Waals surface area contributed by atoms with Gasteiger partial charge in [-0.1, -0.05) is 18.1 Å². The van der Waals surface area contributed by atoms with Crippen molar-refractivity contribution in [3.05, 3.63) is 29.8 Å². The molecule has 1 aromatic rings. The van der Waals surface area contributed by atoms with Crippen LogP contribution in [0.3, 0.4) is 0 Å². The zero-order valence-electron chi connectivity index (χ0n) is 9.77. The second-order valence-corrected chi connectivity index (χ2v) is 4.39. The second kappa shape index (κ2) is 4.53. The van der Waals surface area contributed by atoms with Crippen molar-refractivity contribution in [3.8, 4) is 12.3 Å². The number of hydrogen-bond donors (Lipinski definition) is 2. The maximum Gasteiger partial charge on any atom is 0.314 e. The summed E-state index contributed by atoms with van der Waals surface area (Å²) in [5.41, 5.74) is 0.701. The fourth-order valence-electron chi connectivity index (χ4n) is 1.92. The number of carbonyl (C=O) groups excluding carboxylic acids is 1. The third-order valence-corrected chi connectivity index (χ3v) is 3.14. The highest BCUT2D eigenvalue weighted by atomic mass is 16.4. The summed E-state index contributed by atoms with van der Waals surface area (Å²) >= 11 is 0. The van der Waals surface area contributed by atoms with Crippen LogP contribution in [0, 0.1) is 12.3 Å². The van der Waals surface area contributed by atoms with Gasteiger partial charge in [0.2, 0.25) is 5.91 Å². The molecule has 4 heteroatoms. The Morgan fingerprint density at radius 2 is 1.94 bits per heavy atom. The van der Waals surface area contributed by atoms with Gasteiger partial charge in [0.15, 0.2) is 0 Å². The molecule has 0 saturated heterocycles. The lowest BCUT2D eigenvalue weighted by molar-refractivity contribution is -0.140. The maximum absolute atomic E-state index is 11.3. The second-order valence-electron chi connectivity index (χ2n) is 4.39. The molecule has 4 nitrogen and oxygen atoms in total. The number of carbonyl (C=O) groups is 2. The summed E-state index contributed by atoms with van der Waals surface area (Å²) in [7, 11) is 0. The molecule has 0 atom stereocenters. The fourth-order valence-corrected chi connectivity index (χ4v) is 1.92. The molecule has 1 aliphatic carbocycles. The number of anilines is 1. The minimum absolute atomic E-state index is 0.0286. The average molecular weight is 243 g/mol. The van der Waals surface area contributed by atoms with Crippen molar-refractivity contribution in [2.75, 3.05) is 5.32 Å². The Morgan fingerprint density at radius 3 is 2.39 bits per heavy atom. The van der Waals surface area contributed by atoms with Gasteiger partial charge in [0.05, 0.1) is 11.8 Å². The molecule has 0 aromatic heterocycles. The minimum atomic E-state index is -0.786. The third kappa shape index (κ3) is 2.21. The first-order chi connectivity index (χ1) is 8.58. The van der Waals surface area contributed by atoms with Crippen molar-refractivity contribution < 1.29 is 14.7 Å². The summed E-state index contributed by atoms with van der Waals surface area (Å²) in [6.07, 6.45) is 6.40. The largest absolute Gasteiger partial charge is 0.481 e. The first-order valence-corrected chi connectivity index (χ1v) is 5.66. The van der Waals surface area contributed by atoms with Crippen LogP contribution in [0.4, 0.5) is 5.69 Å². The average Bonchev–Trinajstić information content (AvgIpc) is 3.11. The van der Waals surface area contributed by atoms with Gasteiger partial charge in [-0.3, -0.25) is 9.59 Å². The van der Waals surface area contributed by atoms with Crippen molar-refractivity contribution in [2.24, 2.45) is 0 Å². The monoisotopic (exact) mass is 243 g/mol. The zero-order chi connectivity index (χ0) is 13.2. The lowest BCUT2D eigenvalue weighted by Crippen LogP contribution is -2.19. The third-order valence-electron chi connectivity index (χ3n) is 3.14. The fraction of sp³-hybridized carbons (Fsp3) is 0.286. The highest BCUT2D eigenvalue weighted by Crippen LogP contribution is 2.48. The SMILES string of the molecule is C#CCC(=O)Nc1ccc(C2(C(=O)O)CC2)cc1. The Hall–Kier alpha value is -2.28. The van der Waals surface area contributed by atoms with E-state index < -0.39 is 11.4 Å². The molecule has 0 heterocycles. The molecule has 1 fully saturated rings. The van der Waals surface area contributed by atoms with E-state index in [0.29, 0.717) is 18.5 Å². The molecule has 1 saturated carbocycles. The number of hydrogen-bond acceptors (Lipinski definition) is 2. The number of aliphatic carboxylic acids is 1. The predicted octanol–water partition coefficient (Wildman–Crippen LogP) is 1.76. The molecule has 1 amide bonds. The number of rotatable bonds is 4. The van der Waals surface area contributed by atoms with Crippen molar-refractivity contribution in [1.29, 1.82) is 0 Å². The van der Waals surface area contributed by atoms with Crippen LogP contribution in [0.1, 0.15) is 24.8 Å². The smallest absolute Gasteiger partial charge is 0.314 e. The van der Waals surface area contributed by atoms with Crippen LogP contribution in [0.2, 0.25) is 0 Å². The van der Waals surface area contributed by atoms with Crippen LogP contribution < -0.4 is 5.32 Å². The molecule has 0 spiro atoms. The highest BCUT2D eigenvalue weighted by molar-refractivity contribution is 5.92. The van der Waals surface area contributed by atoms with E-state index in [0.717, 1.165) is 5.56 Å². The minimum Gasteiger partial charge on any atom is -0.481 e. The molecule has 92 valence electrons. The van der Waals surface area contributed by atoms with Gasteiger partial charge in [-0.2, -0.15) is 0 Å². The van der Waals surface area contributed by atoms with E-state index in [1.807, 2.05) is 0 Å². The van der Waals surface area contributed by atoms with Gasteiger partial charge in [-0.05, 0) is 30.5 Å². The van der Waals surface area contributed by atoms with Gasteiger partial charge >= 0.3 is 5.97 Å². The summed E-state index contributed by atoms with van der Waals surface area (Å²) in [6, 6.07) is 6.89. The van der Waals surface area contributed by atoms with E-state index in [9.17, 15) is 9.59 Å². The van der Waals surface area contributed by atoms with E-state index >= 15 is 0 Å². The highest BCUT2D eigenvalue weighted by Gasteiger charge is 2.51. The maximum atomic E-state index is 11.3. The Kier molecular flexibility index (Phi) is 3.07. The molecular formula is C14H13NO3. The lowest BCUT2D eigenvalue weighted by atomic mass is 9.96. The number of carboxylic acid groups (broad SMARTS) is 1. The molecule has 1 aromatic carbocycles. The van der Waals surface area contributed by atoms with E-state index in [1.54, 1.807) is 24.3 Å². The first kappa shape index (κ1) is 12.2. The topological polar surface area (TPSA) is 66.4 Å². The Morgan fingerprint density at radius 1 is 1.33 bits per heavy atom.